The fraction of sp³-hybridized carbons (Fsp3) is 0.0833. The maximum atomic E-state index is 14.1. The van der Waals surface area contributed by atoms with Crippen molar-refractivity contribution in [2.45, 2.75) is 12.1 Å². The van der Waals surface area contributed by atoms with Gasteiger partial charge in [-0.15, -0.1) is 6.58 Å². The molecule has 0 bridgehead atoms. The molecule has 1 N–H and O–H groups in total. The Hall–Kier alpha value is -3.49. The SMILES string of the molecule is C=CCSc1ncc(Cl)c(C(=O)Nc2c(C(=O)c3ccc(C)c(F)c3)oc3ccccc23)n1. The van der Waals surface area contributed by atoms with Gasteiger partial charge in [0.2, 0.25) is 5.78 Å². The normalized spacial score (nSPS) is 10.9. The molecule has 0 saturated carbocycles. The summed E-state index contributed by atoms with van der Waals surface area (Å²) < 4.78 is 19.8. The molecule has 2 heterocycles. The molecule has 33 heavy (non-hydrogen) atoms. The van der Waals surface area contributed by atoms with Gasteiger partial charge in [0.05, 0.1) is 16.9 Å². The molecule has 0 aliphatic rings. The highest BCUT2D eigenvalue weighted by Crippen LogP contribution is 2.33. The first-order valence-corrected chi connectivity index (χ1v) is 11.2. The van der Waals surface area contributed by atoms with E-state index in [9.17, 15) is 14.0 Å². The van der Waals surface area contributed by atoms with E-state index in [1.165, 1.54) is 30.1 Å². The van der Waals surface area contributed by atoms with Gasteiger partial charge >= 0.3 is 0 Å². The second-order valence-electron chi connectivity index (χ2n) is 7.00. The van der Waals surface area contributed by atoms with Crippen LogP contribution in [-0.4, -0.2) is 27.4 Å². The Bertz CT molecular complexity index is 1400. The number of nitrogens with one attached hydrogen (secondary N) is 1. The number of benzene rings is 2. The van der Waals surface area contributed by atoms with E-state index in [0.29, 0.717) is 27.4 Å². The maximum absolute atomic E-state index is 14.1. The van der Waals surface area contributed by atoms with Crippen molar-refractivity contribution in [3.05, 3.63) is 94.7 Å². The van der Waals surface area contributed by atoms with Crippen molar-refractivity contribution in [1.82, 2.24) is 9.97 Å². The highest BCUT2D eigenvalue weighted by Gasteiger charge is 2.25. The van der Waals surface area contributed by atoms with Gasteiger partial charge in [0.25, 0.3) is 5.91 Å². The fourth-order valence-corrected chi connectivity index (χ4v) is 3.81. The highest BCUT2D eigenvalue weighted by molar-refractivity contribution is 7.99. The van der Waals surface area contributed by atoms with Gasteiger partial charge in [0, 0.05) is 16.7 Å². The Kier molecular flexibility index (Phi) is 6.57. The number of ketones is 1. The minimum Gasteiger partial charge on any atom is -0.450 e. The number of thioether (sulfide) groups is 1. The Morgan fingerprint density at radius 1 is 1.27 bits per heavy atom. The quantitative estimate of drug-likeness (QED) is 0.149. The van der Waals surface area contributed by atoms with Crippen LogP contribution in [0.5, 0.6) is 0 Å². The number of aromatic nitrogens is 2. The molecule has 0 fully saturated rings. The molecule has 0 unspecified atom stereocenters. The summed E-state index contributed by atoms with van der Waals surface area (Å²) in [7, 11) is 0. The summed E-state index contributed by atoms with van der Waals surface area (Å²) in [5.74, 6) is -1.30. The summed E-state index contributed by atoms with van der Waals surface area (Å²) in [5, 5.41) is 3.61. The molecular weight excluding hydrogens is 465 g/mol. The number of carbonyl (C=O) groups is 2. The number of para-hydroxylation sites is 1. The van der Waals surface area contributed by atoms with Crippen molar-refractivity contribution < 1.29 is 18.4 Å². The first kappa shape index (κ1) is 22.7. The number of anilines is 1. The molecule has 2 aromatic heterocycles. The predicted molar refractivity (Wildman–Crippen MR) is 127 cm³/mol. The van der Waals surface area contributed by atoms with Crippen LogP contribution < -0.4 is 5.32 Å². The fourth-order valence-electron chi connectivity index (χ4n) is 3.08. The molecule has 0 saturated heterocycles. The second-order valence-corrected chi connectivity index (χ2v) is 8.39. The molecule has 9 heteroatoms. The van der Waals surface area contributed by atoms with Crippen molar-refractivity contribution >= 4 is 51.7 Å². The lowest BCUT2D eigenvalue weighted by Gasteiger charge is -2.08. The number of halogens is 2. The Morgan fingerprint density at radius 2 is 2.06 bits per heavy atom. The summed E-state index contributed by atoms with van der Waals surface area (Å²) in [6.07, 6.45) is 3.02. The van der Waals surface area contributed by atoms with Crippen molar-refractivity contribution in [2.75, 3.05) is 11.1 Å². The van der Waals surface area contributed by atoms with Crippen molar-refractivity contribution in [3.8, 4) is 0 Å². The van der Waals surface area contributed by atoms with Gasteiger partial charge in [-0.25, -0.2) is 14.4 Å². The number of hydrogen-bond acceptors (Lipinski definition) is 6. The van der Waals surface area contributed by atoms with Crippen LogP contribution in [-0.2, 0) is 0 Å². The van der Waals surface area contributed by atoms with Crippen LogP contribution in [0.2, 0.25) is 5.02 Å². The predicted octanol–water partition coefficient (Wildman–Crippen LogP) is 6.09. The van der Waals surface area contributed by atoms with Gasteiger partial charge < -0.3 is 9.73 Å². The number of carbonyl (C=O) groups excluding carboxylic acids is 2. The van der Waals surface area contributed by atoms with Gasteiger partial charge in [-0.05, 0) is 30.7 Å². The monoisotopic (exact) mass is 481 g/mol. The number of furan rings is 1. The molecule has 166 valence electrons. The van der Waals surface area contributed by atoms with Crippen LogP contribution in [0.25, 0.3) is 11.0 Å². The second kappa shape index (κ2) is 9.56. The lowest BCUT2D eigenvalue weighted by atomic mass is 10.0. The molecule has 6 nitrogen and oxygen atoms in total. The minimum absolute atomic E-state index is 0.0525. The summed E-state index contributed by atoms with van der Waals surface area (Å²) in [5.41, 5.74) is 0.989. The number of aryl methyl sites for hydroxylation is 1. The number of rotatable bonds is 7. The molecule has 0 atom stereocenters. The summed E-state index contributed by atoms with van der Waals surface area (Å²) in [4.78, 5) is 34.6. The van der Waals surface area contributed by atoms with Crippen molar-refractivity contribution in [1.29, 1.82) is 0 Å². The standard InChI is InChI=1S/C24H17ClFN3O3S/c1-3-10-33-24-27-12-16(25)20(29-24)23(31)28-19-15-6-4-5-7-18(15)32-22(19)21(30)14-9-8-13(2)17(26)11-14/h3-9,11-12H,1,10H2,2H3,(H,28,31). The third-order valence-corrected chi connectivity index (χ3v) is 5.88. The number of hydrogen-bond donors (Lipinski definition) is 1. The lowest BCUT2D eigenvalue weighted by molar-refractivity contribution is 0.101. The molecule has 0 radical (unpaired) electrons. The Balaban J connectivity index is 1.75. The average Bonchev–Trinajstić information content (AvgIpc) is 3.18. The van der Waals surface area contributed by atoms with E-state index in [0.717, 1.165) is 6.07 Å². The number of amides is 1. The molecule has 4 aromatic rings. The first-order valence-electron chi connectivity index (χ1n) is 9.79. The largest absolute Gasteiger partial charge is 0.450 e. The molecule has 0 aliphatic carbocycles. The lowest BCUT2D eigenvalue weighted by Crippen LogP contribution is -2.17. The van der Waals surface area contributed by atoms with Crippen LogP contribution in [0.1, 0.15) is 32.2 Å². The number of nitrogens with zero attached hydrogens (tertiary/aromatic N) is 2. The average molecular weight is 482 g/mol. The smallest absolute Gasteiger partial charge is 0.276 e. The van der Waals surface area contributed by atoms with E-state index < -0.39 is 17.5 Å². The van der Waals surface area contributed by atoms with Gasteiger partial charge in [0.1, 0.15) is 11.4 Å². The Labute approximate surface area is 197 Å². The van der Waals surface area contributed by atoms with Crippen LogP contribution in [0.4, 0.5) is 10.1 Å². The first-order chi connectivity index (χ1) is 15.9. The molecule has 4 rings (SSSR count). The molecular formula is C24H17ClFN3O3S. The van der Waals surface area contributed by atoms with Gasteiger partial charge in [-0.2, -0.15) is 0 Å². The van der Waals surface area contributed by atoms with Crippen LogP contribution in [0.3, 0.4) is 0 Å². The highest BCUT2D eigenvalue weighted by atomic mass is 35.5. The van der Waals surface area contributed by atoms with E-state index >= 15 is 0 Å². The van der Waals surface area contributed by atoms with Crippen LogP contribution in [0, 0.1) is 12.7 Å². The van der Waals surface area contributed by atoms with Crippen molar-refractivity contribution in [2.24, 2.45) is 0 Å². The van der Waals surface area contributed by atoms with E-state index in [1.807, 2.05) is 0 Å². The molecule has 2 aromatic carbocycles. The van der Waals surface area contributed by atoms with Crippen molar-refractivity contribution in [3.63, 3.8) is 0 Å². The van der Waals surface area contributed by atoms with Crippen LogP contribution >= 0.6 is 23.4 Å². The zero-order valence-corrected chi connectivity index (χ0v) is 19.0. The summed E-state index contributed by atoms with van der Waals surface area (Å²) in [6, 6.07) is 11.0. The Morgan fingerprint density at radius 3 is 2.82 bits per heavy atom. The van der Waals surface area contributed by atoms with E-state index in [2.05, 4.69) is 21.9 Å². The molecule has 1 amide bonds. The van der Waals surface area contributed by atoms with E-state index in [1.54, 1.807) is 37.3 Å². The van der Waals surface area contributed by atoms with E-state index in [-0.39, 0.29) is 27.7 Å². The van der Waals surface area contributed by atoms with E-state index in [4.69, 9.17) is 16.0 Å². The van der Waals surface area contributed by atoms with Crippen LogP contribution in [0.15, 0.2) is 70.9 Å². The molecule has 0 spiro atoms. The third kappa shape index (κ3) is 4.67. The van der Waals surface area contributed by atoms with Gasteiger partial charge in [-0.3, -0.25) is 9.59 Å². The molecule has 0 aliphatic heterocycles. The summed E-state index contributed by atoms with van der Waals surface area (Å²) in [6.45, 7) is 5.24. The van der Waals surface area contributed by atoms with Gasteiger partial charge in [0.15, 0.2) is 16.6 Å². The topological polar surface area (TPSA) is 85.1 Å². The zero-order chi connectivity index (χ0) is 23.5. The zero-order valence-electron chi connectivity index (χ0n) is 17.4. The van der Waals surface area contributed by atoms with Gasteiger partial charge in [-0.1, -0.05) is 53.7 Å². The summed E-state index contributed by atoms with van der Waals surface area (Å²) >= 11 is 7.46. The number of fused-ring (bicyclic) bond motifs is 1. The third-order valence-electron chi connectivity index (χ3n) is 4.74. The minimum atomic E-state index is -0.640. The maximum Gasteiger partial charge on any atom is 0.276 e.